The van der Waals surface area contributed by atoms with E-state index in [9.17, 15) is 13.9 Å². The van der Waals surface area contributed by atoms with Crippen molar-refractivity contribution in [1.82, 2.24) is 0 Å². The molecule has 1 unspecified atom stereocenters. The lowest BCUT2D eigenvalue weighted by molar-refractivity contribution is 0.0319. The van der Waals surface area contributed by atoms with Crippen molar-refractivity contribution in [2.45, 2.75) is 46.1 Å². The third kappa shape index (κ3) is 3.66. The first kappa shape index (κ1) is 15.4. The minimum absolute atomic E-state index is 0.000265. The van der Waals surface area contributed by atoms with E-state index in [4.69, 9.17) is 11.6 Å². The first-order valence-corrected chi connectivity index (χ1v) is 6.29. The van der Waals surface area contributed by atoms with Crippen LogP contribution in [0.25, 0.3) is 0 Å². The fourth-order valence-corrected chi connectivity index (χ4v) is 2.11. The molecule has 0 aromatic heterocycles. The largest absolute Gasteiger partial charge is 0.385 e. The van der Waals surface area contributed by atoms with Gasteiger partial charge in [-0.05, 0) is 37.3 Å². The number of benzene rings is 1. The Hall–Kier alpha value is -0.670. The third-order valence-electron chi connectivity index (χ3n) is 2.94. The Bertz CT molecular complexity index is 436. The highest BCUT2D eigenvalue weighted by Crippen LogP contribution is 2.37. The van der Waals surface area contributed by atoms with Crippen LogP contribution < -0.4 is 0 Å². The van der Waals surface area contributed by atoms with Crippen molar-refractivity contribution in [3.8, 4) is 0 Å². The number of hydrogen-bond acceptors (Lipinski definition) is 1. The van der Waals surface area contributed by atoms with Crippen LogP contribution in [-0.4, -0.2) is 5.11 Å². The van der Waals surface area contributed by atoms with Crippen molar-refractivity contribution in [2.24, 2.45) is 5.41 Å². The molecule has 102 valence electrons. The molecule has 1 aromatic rings. The zero-order valence-corrected chi connectivity index (χ0v) is 11.9. The maximum atomic E-state index is 13.8. The molecular weight excluding hydrogens is 258 g/mol. The first-order valence-electron chi connectivity index (χ1n) is 5.91. The third-order valence-corrected chi connectivity index (χ3v) is 3.26. The predicted octanol–water partition coefficient (Wildman–Crippen LogP) is 4.65. The van der Waals surface area contributed by atoms with Gasteiger partial charge in [-0.1, -0.05) is 32.4 Å². The Morgan fingerprint density at radius 1 is 1.11 bits per heavy atom. The molecule has 1 nitrogen and oxygen atoms in total. The summed E-state index contributed by atoms with van der Waals surface area (Å²) in [7, 11) is 0. The van der Waals surface area contributed by atoms with E-state index < -0.39 is 17.2 Å². The van der Waals surface area contributed by atoms with Gasteiger partial charge < -0.3 is 5.11 Å². The molecule has 0 aliphatic rings. The van der Waals surface area contributed by atoms with E-state index in [0.717, 1.165) is 6.07 Å². The van der Waals surface area contributed by atoms with E-state index in [1.807, 2.05) is 20.8 Å². The van der Waals surface area contributed by atoms with Crippen LogP contribution in [0.3, 0.4) is 0 Å². The molecule has 0 aliphatic heterocycles. The van der Waals surface area contributed by atoms with E-state index in [0.29, 0.717) is 12.8 Å². The molecule has 1 atom stereocenters. The molecule has 0 radical (unpaired) electrons. The van der Waals surface area contributed by atoms with Crippen LogP contribution in [0.15, 0.2) is 12.1 Å². The number of rotatable bonds is 3. The summed E-state index contributed by atoms with van der Waals surface area (Å²) in [6.07, 6.45) is 0.989. The molecule has 1 rings (SSSR count). The van der Waals surface area contributed by atoms with Gasteiger partial charge in [0, 0.05) is 10.6 Å². The van der Waals surface area contributed by atoms with Crippen LogP contribution in [0.1, 0.15) is 46.1 Å². The molecule has 0 spiro atoms. The Morgan fingerprint density at radius 2 is 1.67 bits per heavy atom. The van der Waals surface area contributed by atoms with Gasteiger partial charge >= 0.3 is 0 Å². The number of hydrogen-bond donors (Lipinski definition) is 1. The second-order valence-electron chi connectivity index (χ2n) is 6.05. The fourth-order valence-electron chi connectivity index (χ4n) is 1.76. The van der Waals surface area contributed by atoms with Gasteiger partial charge in [0.05, 0.1) is 5.60 Å². The highest BCUT2D eigenvalue weighted by atomic mass is 35.5. The van der Waals surface area contributed by atoms with E-state index in [1.165, 1.54) is 13.0 Å². The summed E-state index contributed by atoms with van der Waals surface area (Å²) in [6.45, 7) is 7.52. The molecule has 4 heteroatoms. The molecule has 0 fully saturated rings. The maximum absolute atomic E-state index is 13.8. The SMILES string of the molecule is CC(C)(C)CCC(C)(O)c1c(Cl)ccc(F)c1F. The summed E-state index contributed by atoms with van der Waals surface area (Å²) in [6, 6.07) is 2.22. The summed E-state index contributed by atoms with van der Waals surface area (Å²) in [5, 5.41) is 10.4. The van der Waals surface area contributed by atoms with E-state index >= 15 is 0 Å². The minimum atomic E-state index is -1.48. The van der Waals surface area contributed by atoms with Gasteiger partial charge in [-0.2, -0.15) is 0 Å². The van der Waals surface area contributed by atoms with Crippen molar-refractivity contribution in [2.75, 3.05) is 0 Å². The van der Waals surface area contributed by atoms with Gasteiger partial charge in [0.25, 0.3) is 0 Å². The Morgan fingerprint density at radius 3 is 2.17 bits per heavy atom. The van der Waals surface area contributed by atoms with Gasteiger partial charge in [-0.25, -0.2) is 8.78 Å². The Labute approximate surface area is 112 Å². The van der Waals surface area contributed by atoms with Gasteiger partial charge in [0.15, 0.2) is 11.6 Å². The average Bonchev–Trinajstić information content (AvgIpc) is 2.20. The fraction of sp³-hybridized carbons (Fsp3) is 0.571. The molecule has 0 saturated carbocycles. The van der Waals surface area contributed by atoms with Crippen LogP contribution in [0.2, 0.25) is 5.02 Å². The van der Waals surface area contributed by atoms with Crippen molar-refractivity contribution in [1.29, 1.82) is 0 Å². The lowest BCUT2D eigenvalue weighted by Gasteiger charge is -2.29. The molecule has 0 saturated heterocycles. The van der Waals surface area contributed by atoms with E-state index in [-0.39, 0.29) is 16.0 Å². The topological polar surface area (TPSA) is 20.2 Å². The van der Waals surface area contributed by atoms with Crippen LogP contribution in [-0.2, 0) is 5.60 Å². The normalized spacial score (nSPS) is 15.6. The quantitative estimate of drug-likeness (QED) is 0.797. The van der Waals surface area contributed by atoms with Crippen LogP contribution in [0.5, 0.6) is 0 Å². The zero-order valence-electron chi connectivity index (χ0n) is 11.2. The molecular formula is C14H19ClF2O. The standard InChI is InChI=1S/C14H19ClF2O/c1-13(2,3)7-8-14(4,18)11-9(15)5-6-10(16)12(11)17/h5-6,18H,7-8H2,1-4H3. The molecule has 1 N–H and O–H groups in total. The predicted molar refractivity (Wildman–Crippen MR) is 69.6 cm³/mol. The van der Waals surface area contributed by atoms with Crippen molar-refractivity contribution >= 4 is 11.6 Å². The summed E-state index contributed by atoms with van der Waals surface area (Å²) in [5.41, 5.74) is -1.63. The van der Waals surface area contributed by atoms with Gasteiger partial charge in [0.1, 0.15) is 0 Å². The summed E-state index contributed by atoms with van der Waals surface area (Å²) < 4.78 is 27.0. The average molecular weight is 277 g/mol. The molecule has 0 bridgehead atoms. The molecule has 0 aliphatic carbocycles. The van der Waals surface area contributed by atoms with Gasteiger partial charge in [-0.15, -0.1) is 0 Å². The van der Waals surface area contributed by atoms with Crippen molar-refractivity contribution < 1.29 is 13.9 Å². The number of aliphatic hydroxyl groups is 1. The van der Waals surface area contributed by atoms with Crippen LogP contribution >= 0.6 is 11.6 Å². The Balaban J connectivity index is 3.08. The highest BCUT2D eigenvalue weighted by molar-refractivity contribution is 6.31. The molecule has 1 aromatic carbocycles. The lowest BCUT2D eigenvalue weighted by atomic mass is 9.82. The van der Waals surface area contributed by atoms with E-state index in [1.54, 1.807) is 0 Å². The zero-order chi connectivity index (χ0) is 14.1. The van der Waals surface area contributed by atoms with Gasteiger partial charge in [-0.3, -0.25) is 0 Å². The van der Waals surface area contributed by atoms with Crippen molar-refractivity contribution in [3.05, 3.63) is 34.4 Å². The Kier molecular flexibility index (Phi) is 4.39. The molecule has 0 heterocycles. The monoisotopic (exact) mass is 276 g/mol. The summed E-state index contributed by atoms with van der Waals surface area (Å²) >= 11 is 5.87. The van der Waals surface area contributed by atoms with Crippen LogP contribution in [0.4, 0.5) is 8.78 Å². The summed E-state index contributed by atoms with van der Waals surface area (Å²) in [4.78, 5) is 0. The smallest absolute Gasteiger partial charge is 0.166 e. The van der Waals surface area contributed by atoms with Crippen LogP contribution in [0, 0.1) is 17.0 Å². The van der Waals surface area contributed by atoms with E-state index in [2.05, 4.69) is 0 Å². The second kappa shape index (κ2) is 5.14. The number of halogens is 3. The molecule has 18 heavy (non-hydrogen) atoms. The minimum Gasteiger partial charge on any atom is -0.385 e. The summed E-state index contributed by atoms with van der Waals surface area (Å²) in [5.74, 6) is -2.06. The van der Waals surface area contributed by atoms with Crippen molar-refractivity contribution in [3.63, 3.8) is 0 Å². The maximum Gasteiger partial charge on any atom is 0.166 e. The second-order valence-corrected chi connectivity index (χ2v) is 6.46. The lowest BCUT2D eigenvalue weighted by Crippen LogP contribution is -2.26. The van der Waals surface area contributed by atoms with Gasteiger partial charge in [0.2, 0.25) is 0 Å². The highest BCUT2D eigenvalue weighted by Gasteiger charge is 2.32. The first-order chi connectivity index (χ1) is 8.04. The molecule has 0 amide bonds.